The van der Waals surface area contributed by atoms with E-state index in [2.05, 4.69) is 20.7 Å². The molecule has 2 aromatic carbocycles. The van der Waals surface area contributed by atoms with E-state index < -0.39 is 50.8 Å². The maximum atomic E-state index is 13.7. The van der Waals surface area contributed by atoms with Crippen LogP contribution in [0, 0.1) is 11.6 Å². The summed E-state index contributed by atoms with van der Waals surface area (Å²) in [5.74, 6) is -2.44. The molecule has 0 aliphatic heterocycles. The third-order valence-corrected chi connectivity index (χ3v) is 9.60. The Bertz CT molecular complexity index is 1220. The average Bonchev–Trinajstić information content (AvgIpc) is 3.82. The summed E-state index contributed by atoms with van der Waals surface area (Å²) < 4.78 is 57.9. The van der Waals surface area contributed by atoms with E-state index in [0.717, 1.165) is 49.4 Å². The van der Waals surface area contributed by atoms with Gasteiger partial charge in [0, 0.05) is 18.7 Å². The molecule has 0 saturated heterocycles. The van der Waals surface area contributed by atoms with Crippen LogP contribution in [0.1, 0.15) is 63.5 Å². The minimum atomic E-state index is -3.54. The Kier molecular flexibility index (Phi) is 16.5. The fraction of sp³-hybridized carbons (Fsp3) is 0.562. The monoisotopic (exact) mass is 639 g/mol. The van der Waals surface area contributed by atoms with Crippen molar-refractivity contribution in [1.29, 1.82) is 0 Å². The lowest BCUT2D eigenvalue weighted by Crippen LogP contribution is -2.55. The molecule has 246 valence electrons. The van der Waals surface area contributed by atoms with Crippen molar-refractivity contribution in [3.63, 3.8) is 0 Å². The number of aliphatic hydroxyl groups excluding tert-OH is 1. The van der Waals surface area contributed by atoms with Gasteiger partial charge in [0.1, 0.15) is 24.3 Å². The lowest BCUT2D eigenvalue weighted by Gasteiger charge is -2.28. The highest BCUT2D eigenvalue weighted by Gasteiger charge is 2.33. The molecule has 1 aliphatic rings. The van der Waals surface area contributed by atoms with E-state index in [1.165, 1.54) is 7.05 Å². The van der Waals surface area contributed by atoms with Gasteiger partial charge < -0.3 is 25.8 Å². The number of carbonyl (C=O) groups excluding carboxylic acids is 2. The van der Waals surface area contributed by atoms with Crippen LogP contribution in [-0.2, 0) is 37.2 Å². The molecule has 0 spiro atoms. The van der Waals surface area contributed by atoms with Crippen LogP contribution in [-0.4, -0.2) is 74.7 Å². The van der Waals surface area contributed by atoms with Crippen LogP contribution < -0.4 is 16.0 Å². The highest BCUT2D eigenvalue weighted by atomic mass is 32.2. The van der Waals surface area contributed by atoms with E-state index in [1.54, 1.807) is 0 Å². The van der Waals surface area contributed by atoms with Gasteiger partial charge in [-0.1, -0.05) is 57.0 Å². The molecular formula is C32H47F2N3O6S. The van der Waals surface area contributed by atoms with Crippen LogP contribution in [0.25, 0.3) is 0 Å². The van der Waals surface area contributed by atoms with Crippen molar-refractivity contribution in [3.8, 4) is 0 Å². The lowest BCUT2D eigenvalue weighted by atomic mass is 10.00. The highest BCUT2D eigenvalue weighted by Crippen LogP contribution is 2.20. The van der Waals surface area contributed by atoms with E-state index >= 15 is 0 Å². The standard InChI is InChI=1S/C24H39F2N3O4S.C8H8O2/c1-4-6-20(7-5-2)34(32,33)15-22(27-3)24(31)29-21(23(30)14-28-19-8-9-19)12-16-10-17(25)13-18(26)11-16;9-7-10-6-8-4-2-1-3-5-8/h10-11,13,19-23,27-28,30H,4-9,12,14-15H2,1-3H3,(H,29,31);1-5,7H,6H2/t21-,22?,23+;/m0./s1. The van der Waals surface area contributed by atoms with Gasteiger partial charge in [-0.25, -0.2) is 17.2 Å². The maximum Gasteiger partial charge on any atom is 0.293 e. The van der Waals surface area contributed by atoms with E-state index in [-0.39, 0.29) is 24.3 Å². The number of ether oxygens (including phenoxy) is 1. The number of hydrogen-bond donors (Lipinski definition) is 4. The number of hydrogen-bond acceptors (Lipinski definition) is 8. The molecule has 1 aliphatic carbocycles. The zero-order chi connectivity index (χ0) is 32.5. The molecule has 4 N–H and O–H groups in total. The quantitative estimate of drug-likeness (QED) is 0.172. The topological polar surface area (TPSA) is 134 Å². The molecule has 0 heterocycles. The maximum absolute atomic E-state index is 13.7. The second-order valence-electron chi connectivity index (χ2n) is 11.1. The zero-order valence-corrected chi connectivity index (χ0v) is 26.6. The lowest BCUT2D eigenvalue weighted by molar-refractivity contribution is -0.129. The Morgan fingerprint density at radius 2 is 1.66 bits per heavy atom. The second kappa shape index (κ2) is 19.5. The summed E-state index contributed by atoms with van der Waals surface area (Å²) in [6, 6.07) is 11.1. The first kappa shape index (κ1) is 37.3. The average molecular weight is 640 g/mol. The summed E-state index contributed by atoms with van der Waals surface area (Å²) in [7, 11) is -2.03. The van der Waals surface area contributed by atoms with Crippen molar-refractivity contribution >= 4 is 22.2 Å². The number of aliphatic hydroxyl groups is 1. The van der Waals surface area contributed by atoms with Gasteiger partial charge in [-0.3, -0.25) is 9.59 Å². The van der Waals surface area contributed by atoms with Gasteiger partial charge in [-0.15, -0.1) is 0 Å². The predicted molar refractivity (Wildman–Crippen MR) is 167 cm³/mol. The van der Waals surface area contributed by atoms with Gasteiger partial charge in [0.25, 0.3) is 6.47 Å². The summed E-state index contributed by atoms with van der Waals surface area (Å²) in [5, 5.41) is 18.9. The largest absolute Gasteiger partial charge is 0.463 e. The summed E-state index contributed by atoms with van der Waals surface area (Å²) in [5.41, 5.74) is 1.29. The first-order valence-electron chi connectivity index (χ1n) is 15.2. The van der Waals surface area contributed by atoms with Crippen molar-refractivity contribution in [2.24, 2.45) is 0 Å². The van der Waals surface area contributed by atoms with E-state index in [0.29, 0.717) is 32.0 Å². The molecule has 1 saturated carbocycles. The van der Waals surface area contributed by atoms with Gasteiger partial charge in [0.2, 0.25) is 5.91 Å². The molecule has 1 fully saturated rings. The molecular weight excluding hydrogens is 592 g/mol. The van der Waals surface area contributed by atoms with Crippen LogP contribution in [0.3, 0.4) is 0 Å². The van der Waals surface area contributed by atoms with Gasteiger partial charge in [0.05, 0.1) is 23.1 Å². The van der Waals surface area contributed by atoms with Crippen molar-refractivity contribution in [3.05, 3.63) is 71.3 Å². The highest BCUT2D eigenvalue weighted by molar-refractivity contribution is 7.92. The molecule has 9 nitrogen and oxygen atoms in total. The summed E-state index contributed by atoms with van der Waals surface area (Å²) in [6.07, 6.45) is 3.51. The van der Waals surface area contributed by atoms with Crippen LogP contribution in [0.15, 0.2) is 48.5 Å². The minimum absolute atomic E-state index is 0.00852. The molecule has 1 unspecified atom stereocenters. The van der Waals surface area contributed by atoms with Crippen molar-refractivity contribution < 1.29 is 36.6 Å². The molecule has 0 aromatic heterocycles. The zero-order valence-electron chi connectivity index (χ0n) is 25.8. The Balaban J connectivity index is 0.000000569. The molecule has 0 bridgehead atoms. The van der Waals surface area contributed by atoms with Crippen LogP contribution in [0.5, 0.6) is 0 Å². The molecule has 44 heavy (non-hydrogen) atoms. The number of rotatable bonds is 19. The Morgan fingerprint density at radius 1 is 1.05 bits per heavy atom. The smallest absolute Gasteiger partial charge is 0.293 e. The third kappa shape index (κ3) is 13.8. The number of halogens is 2. The van der Waals surface area contributed by atoms with Crippen LogP contribution in [0.2, 0.25) is 0 Å². The Labute approximate surface area is 260 Å². The molecule has 0 radical (unpaired) electrons. The Hall–Kier alpha value is -2.93. The fourth-order valence-electron chi connectivity index (χ4n) is 4.78. The number of benzene rings is 2. The number of carbonyl (C=O) groups is 2. The van der Waals surface area contributed by atoms with Gasteiger partial charge in [-0.05, 0) is 62.4 Å². The number of sulfone groups is 1. The number of nitrogens with one attached hydrogen (secondary N) is 3. The van der Waals surface area contributed by atoms with Gasteiger partial charge in [-0.2, -0.15) is 0 Å². The van der Waals surface area contributed by atoms with E-state index in [1.807, 2.05) is 44.2 Å². The Morgan fingerprint density at radius 3 is 2.18 bits per heavy atom. The first-order valence-corrected chi connectivity index (χ1v) is 16.9. The SMILES string of the molecule is CCCC(CCC)S(=O)(=O)CC(NC)C(=O)N[C@@H](Cc1cc(F)cc(F)c1)[C@H](O)CNC1CC1.O=COCc1ccccc1. The normalized spacial score (nSPS) is 15.1. The molecule has 2 aromatic rings. The molecule has 1 amide bonds. The van der Waals surface area contributed by atoms with Crippen molar-refractivity contribution in [1.82, 2.24) is 16.0 Å². The summed E-state index contributed by atoms with van der Waals surface area (Å²) in [6.45, 7) is 4.87. The van der Waals surface area contributed by atoms with Crippen molar-refractivity contribution in [2.75, 3.05) is 19.3 Å². The van der Waals surface area contributed by atoms with E-state index in [9.17, 15) is 31.9 Å². The van der Waals surface area contributed by atoms with Crippen LogP contribution in [0.4, 0.5) is 8.78 Å². The number of amides is 1. The minimum Gasteiger partial charge on any atom is -0.463 e. The number of likely N-dealkylation sites (N-methyl/N-ethyl adjacent to an activating group) is 1. The van der Waals surface area contributed by atoms with Gasteiger partial charge in [0.15, 0.2) is 9.84 Å². The predicted octanol–water partition coefficient (Wildman–Crippen LogP) is 3.44. The third-order valence-electron chi connectivity index (χ3n) is 7.32. The van der Waals surface area contributed by atoms with Gasteiger partial charge >= 0.3 is 0 Å². The van der Waals surface area contributed by atoms with E-state index in [4.69, 9.17) is 0 Å². The second-order valence-corrected chi connectivity index (χ2v) is 13.4. The molecule has 3 rings (SSSR count). The molecule has 3 atom stereocenters. The summed E-state index contributed by atoms with van der Waals surface area (Å²) in [4.78, 5) is 22.8. The summed E-state index contributed by atoms with van der Waals surface area (Å²) >= 11 is 0. The fourth-order valence-corrected chi connectivity index (χ4v) is 7.02. The first-order chi connectivity index (χ1) is 21.0. The van der Waals surface area contributed by atoms with Crippen LogP contribution >= 0.6 is 0 Å². The van der Waals surface area contributed by atoms with Crippen molar-refractivity contribution in [2.45, 2.75) is 94.9 Å². The molecule has 12 heteroatoms.